The van der Waals surface area contributed by atoms with E-state index in [-0.39, 0.29) is 33.7 Å². The summed E-state index contributed by atoms with van der Waals surface area (Å²) in [7, 11) is 3.88. The lowest BCUT2D eigenvalue weighted by Crippen LogP contribution is -2.34. The lowest BCUT2D eigenvalue weighted by molar-refractivity contribution is -0.384. The first-order valence-electron chi connectivity index (χ1n) is 11.4. The molecule has 35 heavy (non-hydrogen) atoms. The van der Waals surface area contributed by atoms with Crippen LogP contribution in [0.25, 0.3) is 11.3 Å². The number of nitro benzene ring substituents is 1. The van der Waals surface area contributed by atoms with Crippen molar-refractivity contribution < 1.29 is 14.1 Å². The Morgan fingerprint density at radius 1 is 1.20 bits per heavy atom. The van der Waals surface area contributed by atoms with E-state index < -0.39 is 4.92 Å². The van der Waals surface area contributed by atoms with Crippen molar-refractivity contribution >= 4 is 35.0 Å². The first kappa shape index (κ1) is 24.5. The Kier molecular flexibility index (Phi) is 7.50. The van der Waals surface area contributed by atoms with Gasteiger partial charge in [-0.3, -0.25) is 14.9 Å². The predicted octanol–water partition coefficient (Wildman–Crippen LogP) is 4.76. The van der Waals surface area contributed by atoms with E-state index >= 15 is 0 Å². The fourth-order valence-electron chi connectivity index (χ4n) is 4.15. The van der Waals surface area contributed by atoms with Crippen molar-refractivity contribution in [3.8, 4) is 11.3 Å². The summed E-state index contributed by atoms with van der Waals surface area (Å²) in [6, 6.07) is 9.54. The second-order valence-electron chi connectivity index (χ2n) is 8.79. The Labute approximate surface area is 207 Å². The molecular weight excluding hydrogens is 472 g/mol. The smallest absolute Gasteiger partial charge is 0.287 e. The Morgan fingerprint density at radius 2 is 1.97 bits per heavy atom. The van der Waals surface area contributed by atoms with Gasteiger partial charge in [-0.15, -0.1) is 0 Å². The van der Waals surface area contributed by atoms with Gasteiger partial charge in [0.25, 0.3) is 11.6 Å². The maximum atomic E-state index is 12.6. The number of aromatic nitrogens is 2. The van der Waals surface area contributed by atoms with Gasteiger partial charge in [0.2, 0.25) is 5.95 Å². The molecule has 184 valence electrons. The van der Waals surface area contributed by atoms with E-state index in [1.807, 2.05) is 25.1 Å². The van der Waals surface area contributed by atoms with E-state index in [0.29, 0.717) is 24.5 Å². The van der Waals surface area contributed by atoms with Gasteiger partial charge in [0.15, 0.2) is 5.76 Å². The molecule has 0 unspecified atom stereocenters. The molecule has 2 N–H and O–H groups in total. The number of benzene rings is 1. The van der Waals surface area contributed by atoms with Gasteiger partial charge >= 0.3 is 0 Å². The maximum Gasteiger partial charge on any atom is 0.287 e. The minimum Gasteiger partial charge on any atom is -0.451 e. The number of anilines is 2. The Hall–Kier alpha value is -3.66. The van der Waals surface area contributed by atoms with Crippen LogP contribution in [0.4, 0.5) is 17.5 Å². The number of carbonyl (C=O) groups excluding carboxylic acids is 1. The normalized spacial score (nSPS) is 17.6. The van der Waals surface area contributed by atoms with Crippen LogP contribution in [0.3, 0.4) is 0 Å². The summed E-state index contributed by atoms with van der Waals surface area (Å²) in [6.07, 6.45) is 5.59. The van der Waals surface area contributed by atoms with Crippen molar-refractivity contribution in [1.82, 2.24) is 15.3 Å². The average molecular weight is 499 g/mol. The summed E-state index contributed by atoms with van der Waals surface area (Å²) >= 11 is 5.87. The largest absolute Gasteiger partial charge is 0.451 e. The average Bonchev–Trinajstić information content (AvgIpc) is 3.34. The zero-order chi connectivity index (χ0) is 24.9. The number of rotatable bonds is 8. The second-order valence-corrected chi connectivity index (χ2v) is 9.22. The number of nitro groups is 1. The highest BCUT2D eigenvalue weighted by Crippen LogP contribution is 2.33. The van der Waals surface area contributed by atoms with Gasteiger partial charge in [-0.05, 0) is 61.9 Å². The molecule has 0 spiro atoms. The third kappa shape index (κ3) is 6.07. The summed E-state index contributed by atoms with van der Waals surface area (Å²) < 4.78 is 5.63. The number of hydrogen-bond donors (Lipinski definition) is 2. The molecule has 1 fully saturated rings. The fraction of sp³-hybridized carbons (Fsp3) is 0.375. The van der Waals surface area contributed by atoms with E-state index in [1.54, 1.807) is 18.3 Å². The van der Waals surface area contributed by atoms with E-state index in [0.717, 1.165) is 31.5 Å². The first-order valence-corrected chi connectivity index (χ1v) is 11.8. The highest BCUT2D eigenvalue weighted by Gasteiger charge is 2.24. The minimum atomic E-state index is -0.528. The SMILES string of the molecule is CN(C)c1ccnc(N[C@H]2CC[C@@H](CNC(=O)c3ccc(-c4ccc(Cl)cc4[N+](=O)[O-])o3)CC2)n1. The molecular formula is C24H27ClN6O4. The van der Waals surface area contributed by atoms with Gasteiger partial charge in [0.05, 0.1) is 10.5 Å². The van der Waals surface area contributed by atoms with Crippen molar-refractivity contribution in [3.63, 3.8) is 0 Å². The topological polar surface area (TPSA) is 126 Å². The van der Waals surface area contributed by atoms with Crippen LogP contribution < -0.4 is 15.5 Å². The molecule has 3 aromatic rings. The molecule has 1 aliphatic carbocycles. The quantitative estimate of drug-likeness (QED) is 0.336. The maximum absolute atomic E-state index is 12.6. The van der Waals surface area contributed by atoms with Crippen LogP contribution in [0.15, 0.2) is 47.0 Å². The van der Waals surface area contributed by atoms with Gasteiger partial charge in [-0.25, -0.2) is 4.98 Å². The second kappa shape index (κ2) is 10.7. The van der Waals surface area contributed by atoms with Crippen LogP contribution in [0, 0.1) is 16.0 Å². The van der Waals surface area contributed by atoms with Crippen molar-refractivity contribution in [2.45, 2.75) is 31.7 Å². The molecule has 4 rings (SSSR count). The van der Waals surface area contributed by atoms with Crippen LogP contribution in [0.1, 0.15) is 36.2 Å². The van der Waals surface area contributed by atoms with Crippen LogP contribution in [0.2, 0.25) is 5.02 Å². The molecule has 2 heterocycles. The summed E-state index contributed by atoms with van der Waals surface area (Å²) in [5, 5.41) is 17.9. The van der Waals surface area contributed by atoms with E-state index in [1.165, 1.54) is 18.2 Å². The third-order valence-corrected chi connectivity index (χ3v) is 6.32. The highest BCUT2D eigenvalue weighted by molar-refractivity contribution is 6.30. The van der Waals surface area contributed by atoms with Crippen molar-refractivity contribution in [1.29, 1.82) is 0 Å². The van der Waals surface area contributed by atoms with E-state index in [9.17, 15) is 14.9 Å². The monoisotopic (exact) mass is 498 g/mol. The molecule has 0 atom stereocenters. The highest BCUT2D eigenvalue weighted by atomic mass is 35.5. The molecule has 10 nitrogen and oxygen atoms in total. The molecule has 0 radical (unpaired) electrons. The predicted molar refractivity (Wildman–Crippen MR) is 134 cm³/mol. The molecule has 0 aliphatic heterocycles. The summed E-state index contributed by atoms with van der Waals surface area (Å²) in [6.45, 7) is 0.537. The third-order valence-electron chi connectivity index (χ3n) is 6.08. The molecule has 1 aliphatic rings. The van der Waals surface area contributed by atoms with Gasteiger partial charge in [-0.2, -0.15) is 4.98 Å². The zero-order valence-corrected chi connectivity index (χ0v) is 20.3. The Morgan fingerprint density at radius 3 is 2.69 bits per heavy atom. The van der Waals surface area contributed by atoms with Gasteiger partial charge in [0, 0.05) is 44.0 Å². The standard InChI is InChI=1S/C24H27ClN6O4/c1-30(2)22-11-12-26-24(29-22)28-17-6-3-15(4-7-17)14-27-23(32)21-10-9-20(35-21)18-8-5-16(25)13-19(18)31(33)34/h5,8-13,15,17H,3-4,6-7,14H2,1-2H3,(H,27,32)(H,26,28,29)/t15-,17+. The van der Waals surface area contributed by atoms with Crippen LogP contribution >= 0.6 is 11.6 Å². The lowest BCUT2D eigenvalue weighted by atomic mass is 9.86. The van der Waals surface area contributed by atoms with Crippen LogP contribution in [0.5, 0.6) is 0 Å². The van der Waals surface area contributed by atoms with Crippen LogP contribution in [-0.2, 0) is 0 Å². The number of halogens is 1. The first-order chi connectivity index (χ1) is 16.8. The lowest BCUT2D eigenvalue weighted by Gasteiger charge is -2.29. The summed E-state index contributed by atoms with van der Waals surface area (Å²) in [4.78, 5) is 34.2. The van der Waals surface area contributed by atoms with Gasteiger partial charge in [0.1, 0.15) is 11.6 Å². The molecule has 1 aromatic carbocycles. The molecule has 2 aromatic heterocycles. The van der Waals surface area contributed by atoms with Gasteiger partial charge in [-0.1, -0.05) is 11.6 Å². The fourth-order valence-corrected chi connectivity index (χ4v) is 4.32. The number of nitrogens with zero attached hydrogens (tertiary/aromatic N) is 4. The molecule has 1 saturated carbocycles. The minimum absolute atomic E-state index is 0.109. The van der Waals surface area contributed by atoms with Crippen molar-refractivity contribution in [2.75, 3.05) is 30.9 Å². The number of nitrogens with one attached hydrogen (secondary N) is 2. The summed E-state index contributed by atoms with van der Waals surface area (Å²) in [5.41, 5.74) is 0.0902. The number of amides is 1. The summed E-state index contributed by atoms with van der Waals surface area (Å²) in [5.74, 6) is 1.84. The Bertz CT molecular complexity index is 1210. The van der Waals surface area contributed by atoms with Crippen molar-refractivity contribution in [3.05, 3.63) is 63.5 Å². The number of hydrogen-bond acceptors (Lipinski definition) is 8. The Balaban J connectivity index is 1.28. The molecule has 0 bridgehead atoms. The van der Waals surface area contributed by atoms with Crippen LogP contribution in [-0.4, -0.2) is 47.5 Å². The van der Waals surface area contributed by atoms with E-state index in [4.69, 9.17) is 16.0 Å². The molecule has 1 amide bonds. The van der Waals surface area contributed by atoms with Crippen molar-refractivity contribution in [2.24, 2.45) is 5.92 Å². The molecule has 0 saturated heterocycles. The van der Waals surface area contributed by atoms with E-state index in [2.05, 4.69) is 20.6 Å². The zero-order valence-electron chi connectivity index (χ0n) is 19.5. The number of carbonyl (C=O) groups is 1. The molecule has 11 heteroatoms. The van der Waals surface area contributed by atoms with Gasteiger partial charge < -0.3 is 20.0 Å². The number of furan rings is 1.